The Bertz CT molecular complexity index is 433. The molecule has 2 aromatic heterocycles. The van der Waals surface area contributed by atoms with Crippen LogP contribution in [0.25, 0.3) is 11.0 Å². The summed E-state index contributed by atoms with van der Waals surface area (Å²) in [5.41, 5.74) is 5.95. The van der Waals surface area contributed by atoms with Gasteiger partial charge in [-0.3, -0.25) is 4.79 Å². The van der Waals surface area contributed by atoms with Crippen LogP contribution in [-0.4, -0.2) is 10.9 Å². The summed E-state index contributed by atoms with van der Waals surface area (Å²) in [5, 5.41) is 0.832. The molecule has 60 valence electrons. The molecule has 0 aliphatic rings. The minimum Gasteiger partial charge on any atom is -0.463 e. The second-order valence-corrected chi connectivity index (χ2v) is 2.39. The summed E-state index contributed by atoms with van der Waals surface area (Å²) >= 11 is 0. The van der Waals surface area contributed by atoms with Crippen LogP contribution in [0.1, 0.15) is 10.5 Å². The van der Waals surface area contributed by atoms with Crippen LogP contribution in [0.3, 0.4) is 0 Å². The van der Waals surface area contributed by atoms with Gasteiger partial charge in [-0.25, -0.2) is 4.98 Å². The Balaban J connectivity index is 2.68. The van der Waals surface area contributed by atoms with Crippen LogP contribution in [0.15, 0.2) is 29.0 Å². The van der Waals surface area contributed by atoms with E-state index in [0.717, 1.165) is 5.39 Å². The number of carbonyl (C=O) groups excluding carboxylic acids is 1. The molecule has 0 aliphatic heterocycles. The lowest BCUT2D eigenvalue weighted by Crippen LogP contribution is -2.12. The van der Waals surface area contributed by atoms with E-state index in [2.05, 4.69) is 4.98 Å². The first-order valence-electron chi connectivity index (χ1n) is 3.40. The van der Waals surface area contributed by atoms with Gasteiger partial charge in [0, 0.05) is 5.39 Å². The van der Waals surface area contributed by atoms with Crippen molar-refractivity contribution in [2.75, 3.05) is 0 Å². The number of hydrogen-bond donors (Lipinski definition) is 1. The predicted octanol–water partition coefficient (Wildman–Crippen LogP) is 0.927. The van der Waals surface area contributed by atoms with Crippen molar-refractivity contribution in [3.63, 3.8) is 0 Å². The van der Waals surface area contributed by atoms with E-state index in [1.54, 1.807) is 12.1 Å². The van der Waals surface area contributed by atoms with Gasteiger partial charge in [0.05, 0.1) is 12.5 Å². The number of nitrogens with two attached hydrogens (primary N) is 1. The summed E-state index contributed by atoms with van der Waals surface area (Å²) in [6, 6.07) is 3.35. The highest BCUT2D eigenvalue weighted by Crippen LogP contribution is 2.14. The molecule has 0 radical (unpaired) electrons. The van der Waals surface area contributed by atoms with Crippen molar-refractivity contribution >= 4 is 16.9 Å². The monoisotopic (exact) mass is 162 g/mol. The molecule has 0 saturated heterocycles. The van der Waals surface area contributed by atoms with Crippen LogP contribution >= 0.6 is 0 Å². The SMILES string of the molecule is NC(=O)c1cc2ccoc2cn1. The van der Waals surface area contributed by atoms with E-state index in [4.69, 9.17) is 10.2 Å². The highest BCUT2D eigenvalue weighted by atomic mass is 16.3. The molecule has 0 saturated carbocycles. The third-order valence-corrected chi connectivity index (χ3v) is 1.59. The molecule has 4 heteroatoms. The highest BCUT2D eigenvalue weighted by Gasteiger charge is 2.03. The Kier molecular flexibility index (Phi) is 1.33. The molecule has 2 N–H and O–H groups in total. The number of hydrogen-bond acceptors (Lipinski definition) is 3. The first kappa shape index (κ1) is 6.84. The van der Waals surface area contributed by atoms with Gasteiger partial charge in [0.25, 0.3) is 5.91 Å². The maximum absolute atomic E-state index is 10.7. The summed E-state index contributed by atoms with van der Waals surface area (Å²) in [6.07, 6.45) is 3.02. The second-order valence-electron chi connectivity index (χ2n) is 2.39. The first-order valence-corrected chi connectivity index (χ1v) is 3.40. The quantitative estimate of drug-likeness (QED) is 0.678. The van der Waals surface area contributed by atoms with Gasteiger partial charge in [0.1, 0.15) is 5.69 Å². The van der Waals surface area contributed by atoms with E-state index in [0.29, 0.717) is 5.58 Å². The lowest BCUT2D eigenvalue weighted by Gasteiger charge is -1.92. The molecule has 0 aromatic carbocycles. The van der Waals surface area contributed by atoms with Crippen LogP contribution in [-0.2, 0) is 0 Å². The molecule has 0 atom stereocenters. The van der Waals surface area contributed by atoms with E-state index in [-0.39, 0.29) is 5.69 Å². The van der Waals surface area contributed by atoms with E-state index < -0.39 is 5.91 Å². The molecule has 0 aliphatic carbocycles. The zero-order valence-electron chi connectivity index (χ0n) is 6.15. The van der Waals surface area contributed by atoms with E-state index in [1.807, 2.05) is 0 Å². The van der Waals surface area contributed by atoms with Crippen molar-refractivity contribution in [1.82, 2.24) is 4.98 Å². The van der Waals surface area contributed by atoms with E-state index in [9.17, 15) is 4.79 Å². The van der Waals surface area contributed by atoms with Gasteiger partial charge < -0.3 is 10.2 Å². The Morgan fingerprint density at radius 1 is 1.58 bits per heavy atom. The molecule has 4 nitrogen and oxygen atoms in total. The number of carbonyl (C=O) groups is 1. The summed E-state index contributed by atoms with van der Waals surface area (Å²) in [7, 11) is 0. The molecular formula is C8H6N2O2. The number of amides is 1. The fourth-order valence-electron chi connectivity index (χ4n) is 1.00. The van der Waals surface area contributed by atoms with Crippen molar-refractivity contribution in [1.29, 1.82) is 0 Å². The zero-order valence-corrected chi connectivity index (χ0v) is 6.15. The number of pyridine rings is 1. The molecule has 2 aromatic rings. The van der Waals surface area contributed by atoms with Crippen LogP contribution in [0, 0.1) is 0 Å². The normalized spacial score (nSPS) is 10.3. The van der Waals surface area contributed by atoms with Gasteiger partial charge in [-0.05, 0) is 12.1 Å². The topological polar surface area (TPSA) is 69.1 Å². The Hall–Kier alpha value is -1.84. The number of fused-ring (bicyclic) bond motifs is 1. The summed E-state index contributed by atoms with van der Waals surface area (Å²) < 4.78 is 5.04. The Labute approximate surface area is 68.0 Å². The summed E-state index contributed by atoms with van der Waals surface area (Å²) in [5.74, 6) is -0.530. The number of furan rings is 1. The number of nitrogens with zero attached hydrogens (tertiary/aromatic N) is 1. The van der Waals surface area contributed by atoms with Crippen LogP contribution < -0.4 is 5.73 Å². The Morgan fingerprint density at radius 3 is 3.17 bits per heavy atom. The highest BCUT2D eigenvalue weighted by molar-refractivity contribution is 5.94. The lowest BCUT2D eigenvalue weighted by molar-refractivity contribution is 0.0996. The van der Waals surface area contributed by atoms with Gasteiger partial charge in [-0.2, -0.15) is 0 Å². The number of primary amides is 1. The molecule has 1 amide bonds. The maximum atomic E-state index is 10.7. The standard InChI is InChI=1S/C8H6N2O2/c9-8(11)6-3-5-1-2-12-7(5)4-10-6/h1-4H,(H2,9,11). The van der Waals surface area contributed by atoms with Crippen LogP contribution in [0.2, 0.25) is 0 Å². The molecule has 0 spiro atoms. The largest absolute Gasteiger partial charge is 0.463 e. The Morgan fingerprint density at radius 2 is 2.42 bits per heavy atom. The molecule has 2 heterocycles. The first-order chi connectivity index (χ1) is 5.77. The molecular weight excluding hydrogens is 156 g/mol. The van der Waals surface area contributed by atoms with Crippen molar-refractivity contribution < 1.29 is 9.21 Å². The third kappa shape index (κ3) is 0.934. The van der Waals surface area contributed by atoms with Gasteiger partial charge in [-0.15, -0.1) is 0 Å². The molecule has 2 rings (SSSR count). The molecule has 12 heavy (non-hydrogen) atoms. The van der Waals surface area contributed by atoms with Gasteiger partial charge >= 0.3 is 0 Å². The third-order valence-electron chi connectivity index (χ3n) is 1.59. The maximum Gasteiger partial charge on any atom is 0.267 e. The van der Waals surface area contributed by atoms with E-state index >= 15 is 0 Å². The zero-order chi connectivity index (χ0) is 8.55. The molecule has 0 bridgehead atoms. The minimum atomic E-state index is -0.530. The van der Waals surface area contributed by atoms with Gasteiger partial charge in [-0.1, -0.05) is 0 Å². The van der Waals surface area contributed by atoms with Crippen LogP contribution in [0.4, 0.5) is 0 Å². The van der Waals surface area contributed by atoms with E-state index in [1.165, 1.54) is 12.5 Å². The van der Waals surface area contributed by atoms with Crippen molar-refractivity contribution in [2.24, 2.45) is 5.73 Å². The summed E-state index contributed by atoms with van der Waals surface area (Å²) in [4.78, 5) is 14.5. The number of rotatable bonds is 1. The van der Waals surface area contributed by atoms with Crippen LogP contribution in [0.5, 0.6) is 0 Å². The second kappa shape index (κ2) is 2.34. The average Bonchev–Trinajstić information content (AvgIpc) is 2.49. The number of aromatic nitrogens is 1. The predicted molar refractivity (Wildman–Crippen MR) is 42.5 cm³/mol. The van der Waals surface area contributed by atoms with Crippen molar-refractivity contribution in [3.05, 3.63) is 30.3 Å². The fourth-order valence-corrected chi connectivity index (χ4v) is 1.00. The van der Waals surface area contributed by atoms with Crippen molar-refractivity contribution in [2.45, 2.75) is 0 Å². The van der Waals surface area contributed by atoms with Gasteiger partial charge in [0.2, 0.25) is 0 Å². The molecule has 0 fully saturated rings. The summed E-state index contributed by atoms with van der Waals surface area (Å²) in [6.45, 7) is 0. The average molecular weight is 162 g/mol. The lowest BCUT2D eigenvalue weighted by atomic mass is 10.2. The minimum absolute atomic E-state index is 0.254. The van der Waals surface area contributed by atoms with Crippen molar-refractivity contribution in [3.8, 4) is 0 Å². The van der Waals surface area contributed by atoms with Gasteiger partial charge in [0.15, 0.2) is 5.58 Å². The fraction of sp³-hybridized carbons (Fsp3) is 0. The molecule has 0 unspecified atom stereocenters. The smallest absolute Gasteiger partial charge is 0.267 e.